The molecule has 5 nitrogen and oxygen atoms in total. The number of likely N-dealkylation sites (tertiary alicyclic amines) is 1. The summed E-state index contributed by atoms with van der Waals surface area (Å²) >= 11 is 1.62. The van der Waals surface area contributed by atoms with Crippen molar-refractivity contribution >= 4 is 23.6 Å². The Hall–Kier alpha value is -2.28. The Morgan fingerprint density at radius 3 is 2.69 bits per heavy atom. The number of halogens is 1. The maximum absolute atomic E-state index is 12.9. The number of carbonyl (C=O) groups excluding carboxylic acids is 2. The van der Waals surface area contributed by atoms with Crippen molar-refractivity contribution in [1.82, 2.24) is 10.2 Å². The third kappa shape index (κ3) is 6.92. The van der Waals surface area contributed by atoms with Gasteiger partial charge in [-0.3, -0.25) is 9.59 Å². The van der Waals surface area contributed by atoms with Gasteiger partial charge < -0.3 is 14.6 Å². The second-order valence-electron chi connectivity index (χ2n) is 7.21. The zero-order chi connectivity index (χ0) is 20.5. The summed E-state index contributed by atoms with van der Waals surface area (Å²) in [6, 6.07) is 10.4. The number of thioether (sulfide) groups is 1. The van der Waals surface area contributed by atoms with Crippen molar-refractivity contribution in [2.75, 3.05) is 13.1 Å². The average molecular weight is 419 g/mol. The largest absolute Gasteiger partial charge is 0.468 e. The molecule has 1 N–H and O–H groups in total. The fourth-order valence-electron chi connectivity index (χ4n) is 3.23. The van der Waals surface area contributed by atoms with Crippen LogP contribution in [0.25, 0.3) is 0 Å². The normalized spacial score (nSPS) is 16.0. The fraction of sp³-hybridized carbons (Fsp3) is 0.455. The lowest BCUT2D eigenvalue weighted by atomic mass is 10.1. The number of nitrogens with one attached hydrogen (secondary N) is 1. The molecule has 1 fully saturated rings. The summed E-state index contributed by atoms with van der Waals surface area (Å²) in [5.41, 5.74) is 1.15. The monoisotopic (exact) mass is 418 g/mol. The molecule has 2 amide bonds. The van der Waals surface area contributed by atoms with Crippen molar-refractivity contribution in [3.8, 4) is 0 Å². The summed E-state index contributed by atoms with van der Waals surface area (Å²) in [5, 5.41) is 2.95. The molecule has 1 aliphatic rings. The molecular weight excluding hydrogens is 391 g/mol. The van der Waals surface area contributed by atoms with Gasteiger partial charge in [0.1, 0.15) is 18.1 Å². The topological polar surface area (TPSA) is 62.6 Å². The molecule has 2 heterocycles. The van der Waals surface area contributed by atoms with E-state index in [-0.39, 0.29) is 29.6 Å². The highest BCUT2D eigenvalue weighted by Crippen LogP contribution is 2.31. The summed E-state index contributed by atoms with van der Waals surface area (Å²) < 4.78 is 18.2. The maximum Gasteiger partial charge on any atom is 0.239 e. The second kappa shape index (κ2) is 11.0. The maximum atomic E-state index is 12.9. The molecular formula is C22H27FN2O3S. The number of hydrogen-bond acceptors (Lipinski definition) is 4. The molecule has 29 heavy (non-hydrogen) atoms. The van der Waals surface area contributed by atoms with Crippen LogP contribution in [0.15, 0.2) is 47.1 Å². The molecule has 0 aliphatic carbocycles. The molecule has 1 unspecified atom stereocenters. The number of carbonyl (C=O) groups is 2. The van der Waals surface area contributed by atoms with E-state index in [2.05, 4.69) is 5.32 Å². The summed E-state index contributed by atoms with van der Waals surface area (Å²) in [4.78, 5) is 25.5. The number of aryl methyl sites for hydroxylation is 1. The SMILES string of the molecule is O=C(CN1C(=O)CC1SCc1ccco1)NCCCCCCc1ccc(F)cc1. The molecule has 0 spiro atoms. The minimum absolute atomic E-state index is 0.0258. The highest BCUT2D eigenvalue weighted by Gasteiger charge is 2.37. The number of unbranched alkanes of at least 4 members (excludes halogenated alkanes) is 3. The van der Waals surface area contributed by atoms with Crippen LogP contribution in [0.4, 0.5) is 4.39 Å². The van der Waals surface area contributed by atoms with Gasteiger partial charge in [0, 0.05) is 6.54 Å². The summed E-state index contributed by atoms with van der Waals surface area (Å²) in [6.45, 7) is 0.751. The third-order valence-electron chi connectivity index (χ3n) is 4.96. The first-order chi connectivity index (χ1) is 14.1. The van der Waals surface area contributed by atoms with Crippen LogP contribution >= 0.6 is 11.8 Å². The lowest BCUT2D eigenvalue weighted by Gasteiger charge is -2.39. The van der Waals surface area contributed by atoms with Crippen molar-refractivity contribution in [2.24, 2.45) is 0 Å². The number of furan rings is 1. The zero-order valence-electron chi connectivity index (χ0n) is 16.4. The van der Waals surface area contributed by atoms with Crippen LogP contribution in [-0.4, -0.2) is 35.2 Å². The summed E-state index contributed by atoms with van der Waals surface area (Å²) in [7, 11) is 0. The predicted molar refractivity (Wildman–Crippen MR) is 112 cm³/mol. The van der Waals surface area contributed by atoms with E-state index in [4.69, 9.17) is 4.42 Å². The summed E-state index contributed by atoms with van der Waals surface area (Å²) in [5.74, 6) is 1.29. The Bertz CT molecular complexity index is 780. The van der Waals surface area contributed by atoms with Crippen LogP contribution in [0, 0.1) is 5.82 Å². The first-order valence-corrected chi connectivity index (χ1v) is 11.1. The lowest BCUT2D eigenvalue weighted by molar-refractivity contribution is -0.145. The molecule has 3 rings (SSSR count). The Morgan fingerprint density at radius 1 is 1.17 bits per heavy atom. The van der Waals surface area contributed by atoms with Crippen LogP contribution in [0.3, 0.4) is 0 Å². The van der Waals surface area contributed by atoms with Crippen LogP contribution in [0.5, 0.6) is 0 Å². The second-order valence-corrected chi connectivity index (χ2v) is 8.38. The number of β-lactam (4-membered cyclic amide) rings is 1. The van der Waals surface area contributed by atoms with Crippen molar-refractivity contribution in [1.29, 1.82) is 0 Å². The minimum atomic E-state index is -0.202. The van der Waals surface area contributed by atoms with E-state index in [0.717, 1.165) is 43.4 Å². The highest BCUT2D eigenvalue weighted by atomic mass is 32.2. The molecule has 2 aromatic rings. The zero-order valence-corrected chi connectivity index (χ0v) is 17.3. The minimum Gasteiger partial charge on any atom is -0.468 e. The van der Waals surface area contributed by atoms with E-state index in [9.17, 15) is 14.0 Å². The molecule has 0 bridgehead atoms. The van der Waals surface area contributed by atoms with Gasteiger partial charge >= 0.3 is 0 Å². The van der Waals surface area contributed by atoms with Gasteiger partial charge in [-0.15, -0.1) is 11.8 Å². The molecule has 0 radical (unpaired) electrons. The van der Waals surface area contributed by atoms with Gasteiger partial charge in [-0.2, -0.15) is 0 Å². The molecule has 1 atom stereocenters. The lowest BCUT2D eigenvalue weighted by Crippen LogP contribution is -2.54. The van der Waals surface area contributed by atoms with Crippen LogP contribution < -0.4 is 5.32 Å². The van der Waals surface area contributed by atoms with Crippen LogP contribution in [0.1, 0.15) is 43.4 Å². The van der Waals surface area contributed by atoms with Gasteiger partial charge in [0.2, 0.25) is 11.8 Å². The Labute approximate surface area is 175 Å². The number of rotatable bonds is 12. The average Bonchev–Trinajstić information content (AvgIpc) is 3.23. The van der Waals surface area contributed by atoms with E-state index >= 15 is 0 Å². The van der Waals surface area contributed by atoms with Crippen LogP contribution in [-0.2, 0) is 21.8 Å². The van der Waals surface area contributed by atoms with Gasteiger partial charge in [0.15, 0.2) is 0 Å². The molecule has 1 aromatic carbocycles. The van der Waals surface area contributed by atoms with E-state index in [0.29, 0.717) is 18.7 Å². The number of hydrogen-bond donors (Lipinski definition) is 1. The molecule has 1 aromatic heterocycles. The van der Waals surface area contributed by atoms with E-state index in [1.54, 1.807) is 22.9 Å². The molecule has 7 heteroatoms. The Balaban J connectivity index is 1.23. The molecule has 0 saturated carbocycles. The molecule has 156 valence electrons. The van der Waals surface area contributed by atoms with Gasteiger partial charge in [-0.25, -0.2) is 4.39 Å². The smallest absolute Gasteiger partial charge is 0.239 e. The first-order valence-electron chi connectivity index (χ1n) is 10.1. The predicted octanol–water partition coefficient (Wildman–Crippen LogP) is 4.13. The van der Waals surface area contributed by atoms with Gasteiger partial charge in [-0.1, -0.05) is 25.0 Å². The number of benzene rings is 1. The van der Waals surface area contributed by atoms with Gasteiger partial charge in [0.05, 0.1) is 23.8 Å². The van der Waals surface area contributed by atoms with Gasteiger partial charge in [0.25, 0.3) is 0 Å². The number of amides is 2. The Morgan fingerprint density at radius 2 is 1.97 bits per heavy atom. The van der Waals surface area contributed by atoms with E-state index in [1.165, 1.54) is 12.1 Å². The van der Waals surface area contributed by atoms with Crippen molar-refractivity contribution in [3.05, 3.63) is 59.8 Å². The highest BCUT2D eigenvalue weighted by molar-refractivity contribution is 7.99. The third-order valence-corrected chi connectivity index (χ3v) is 6.21. The first kappa shape index (κ1) is 21.4. The van der Waals surface area contributed by atoms with Crippen molar-refractivity contribution in [2.45, 2.75) is 49.7 Å². The summed E-state index contributed by atoms with van der Waals surface area (Å²) in [6.07, 6.45) is 7.13. The molecule has 1 aliphatic heterocycles. The van der Waals surface area contributed by atoms with Gasteiger partial charge in [-0.05, 0) is 49.1 Å². The quantitative estimate of drug-likeness (QED) is 0.416. The van der Waals surface area contributed by atoms with E-state index in [1.807, 2.05) is 24.3 Å². The van der Waals surface area contributed by atoms with Crippen molar-refractivity contribution < 1.29 is 18.4 Å². The van der Waals surface area contributed by atoms with Crippen LogP contribution in [0.2, 0.25) is 0 Å². The van der Waals surface area contributed by atoms with Crippen molar-refractivity contribution in [3.63, 3.8) is 0 Å². The standard InChI is InChI=1S/C22H27FN2O3S/c23-18-10-8-17(9-11-18)6-3-1-2-4-12-24-20(26)15-25-21(27)14-22(25)29-16-19-7-5-13-28-19/h5,7-11,13,22H,1-4,6,12,14-16H2,(H,24,26). The molecule has 1 saturated heterocycles. The van der Waals surface area contributed by atoms with E-state index < -0.39 is 0 Å². The number of nitrogens with zero attached hydrogens (tertiary/aromatic N) is 1. The fourth-order valence-corrected chi connectivity index (χ4v) is 4.39. The Kier molecular flexibility index (Phi) is 8.16.